The summed E-state index contributed by atoms with van der Waals surface area (Å²) in [7, 11) is 1.56. The molecule has 0 spiro atoms. The third kappa shape index (κ3) is 4.67. The summed E-state index contributed by atoms with van der Waals surface area (Å²) in [4.78, 5) is 37.0. The Hall–Kier alpha value is -2.65. The lowest BCUT2D eigenvalue weighted by atomic mass is 9.95. The molecule has 1 aromatic carbocycles. The molecule has 1 saturated carbocycles. The van der Waals surface area contributed by atoms with E-state index < -0.39 is 42.6 Å². The second kappa shape index (κ2) is 9.23. The number of carbonyl (C=O) groups is 3. The maximum absolute atomic E-state index is 13.1. The summed E-state index contributed by atoms with van der Waals surface area (Å²) in [5.41, 5.74) is 0.635. The lowest BCUT2D eigenvalue weighted by Gasteiger charge is -2.38. The molecule has 0 radical (unpaired) electrons. The molecule has 5 unspecified atom stereocenters. The second-order valence-corrected chi connectivity index (χ2v) is 8.04. The van der Waals surface area contributed by atoms with Crippen molar-refractivity contribution in [2.75, 3.05) is 7.11 Å². The van der Waals surface area contributed by atoms with Crippen molar-refractivity contribution in [1.29, 1.82) is 0 Å². The van der Waals surface area contributed by atoms with Gasteiger partial charge >= 0.3 is 11.9 Å². The molecule has 9 heteroatoms. The summed E-state index contributed by atoms with van der Waals surface area (Å²) >= 11 is 0. The molecular weight excluding hydrogens is 406 g/mol. The van der Waals surface area contributed by atoms with Crippen LogP contribution >= 0.6 is 0 Å². The van der Waals surface area contributed by atoms with Gasteiger partial charge in [0.25, 0.3) is 5.91 Å². The van der Waals surface area contributed by atoms with Crippen LogP contribution in [-0.2, 0) is 33.3 Å². The summed E-state index contributed by atoms with van der Waals surface area (Å²) in [6.45, 7) is 1.20. The Morgan fingerprint density at radius 1 is 1.03 bits per heavy atom. The largest absolute Gasteiger partial charge is 0.497 e. The van der Waals surface area contributed by atoms with Crippen LogP contribution in [0.2, 0.25) is 0 Å². The van der Waals surface area contributed by atoms with Crippen LogP contribution in [0.5, 0.6) is 5.75 Å². The Morgan fingerprint density at radius 2 is 1.74 bits per heavy atom. The Bertz CT molecular complexity index is 819. The normalized spacial score (nSPS) is 30.8. The van der Waals surface area contributed by atoms with E-state index in [9.17, 15) is 14.4 Å². The van der Waals surface area contributed by atoms with E-state index in [0.29, 0.717) is 11.3 Å². The van der Waals surface area contributed by atoms with E-state index in [1.807, 2.05) is 0 Å². The molecule has 1 aromatic rings. The first kappa shape index (κ1) is 21.6. The first-order valence-corrected chi connectivity index (χ1v) is 10.6. The number of nitrogens with one attached hydrogen (secondary N) is 1. The van der Waals surface area contributed by atoms with Gasteiger partial charge in [0, 0.05) is 18.5 Å². The fourth-order valence-corrected chi connectivity index (χ4v) is 4.30. The van der Waals surface area contributed by atoms with Gasteiger partial charge in [-0.3, -0.25) is 9.59 Å². The summed E-state index contributed by atoms with van der Waals surface area (Å²) in [5.74, 6) is -1.09. The van der Waals surface area contributed by atoms with Gasteiger partial charge in [0.1, 0.15) is 11.9 Å². The molecule has 5 atom stereocenters. The quantitative estimate of drug-likeness (QED) is 0.700. The van der Waals surface area contributed by atoms with Gasteiger partial charge in [0.05, 0.1) is 7.11 Å². The van der Waals surface area contributed by atoms with Crippen LogP contribution in [0.15, 0.2) is 24.3 Å². The van der Waals surface area contributed by atoms with Crippen molar-refractivity contribution in [3.05, 3.63) is 29.8 Å². The zero-order valence-corrected chi connectivity index (χ0v) is 17.6. The Morgan fingerprint density at radius 3 is 2.39 bits per heavy atom. The number of carbonyl (C=O) groups excluding carboxylic acids is 3. The lowest BCUT2D eigenvalue weighted by Crippen LogP contribution is -2.56. The molecule has 2 aliphatic heterocycles. The molecule has 1 amide bonds. The fraction of sp³-hybridized carbons (Fsp3) is 0.591. The van der Waals surface area contributed by atoms with Crippen molar-refractivity contribution in [1.82, 2.24) is 5.32 Å². The maximum atomic E-state index is 13.1. The minimum atomic E-state index is -1.25. The minimum Gasteiger partial charge on any atom is -0.497 e. The standard InChI is InChI=1S/C22H27NO8/c1-12(24)28-19-17-16(29-21(19)26)18(20(25)23-14-6-4-3-5-7-14)31-22(30-17)13-8-10-15(27-2)11-9-13/h8-11,14,16-19,22H,3-7H2,1-2H3,(H,23,25). The predicted octanol–water partition coefficient (Wildman–Crippen LogP) is 1.78. The molecule has 1 N–H and O–H groups in total. The molecule has 9 nitrogen and oxygen atoms in total. The van der Waals surface area contributed by atoms with Crippen LogP contribution in [0.3, 0.4) is 0 Å². The van der Waals surface area contributed by atoms with E-state index in [4.69, 9.17) is 23.7 Å². The Labute approximate surface area is 180 Å². The smallest absolute Gasteiger partial charge is 0.350 e. The zero-order chi connectivity index (χ0) is 22.0. The molecule has 4 rings (SSSR count). The molecule has 0 aromatic heterocycles. The number of amides is 1. The number of hydrogen-bond acceptors (Lipinski definition) is 8. The minimum absolute atomic E-state index is 0.0620. The molecule has 3 fully saturated rings. The van der Waals surface area contributed by atoms with Crippen molar-refractivity contribution in [2.45, 2.75) is 75.8 Å². The van der Waals surface area contributed by atoms with Crippen LogP contribution < -0.4 is 10.1 Å². The SMILES string of the molecule is COc1ccc(C2OC(C(=O)NC3CCCCC3)C3OC(=O)C(OC(C)=O)C3O2)cc1. The topological polar surface area (TPSA) is 109 Å². The zero-order valence-electron chi connectivity index (χ0n) is 17.6. The number of esters is 2. The average Bonchev–Trinajstić information content (AvgIpc) is 3.08. The van der Waals surface area contributed by atoms with Gasteiger partial charge in [-0.2, -0.15) is 0 Å². The number of methoxy groups -OCH3 is 1. The lowest BCUT2D eigenvalue weighted by molar-refractivity contribution is -0.278. The molecule has 2 saturated heterocycles. The highest BCUT2D eigenvalue weighted by Crippen LogP contribution is 2.38. The first-order valence-electron chi connectivity index (χ1n) is 10.6. The van der Waals surface area contributed by atoms with E-state index in [1.54, 1.807) is 31.4 Å². The van der Waals surface area contributed by atoms with Crippen LogP contribution in [0.4, 0.5) is 0 Å². The Balaban J connectivity index is 1.57. The molecule has 168 valence electrons. The van der Waals surface area contributed by atoms with E-state index in [2.05, 4.69) is 5.32 Å². The Kier molecular flexibility index (Phi) is 6.43. The highest BCUT2D eigenvalue weighted by Gasteiger charge is 2.57. The van der Waals surface area contributed by atoms with E-state index >= 15 is 0 Å². The van der Waals surface area contributed by atoms with E-state index in [0.717, 1.165) is 32.1 Å². The van der Waals surface area contributed by atoms with E-state index in [-0.39, 0.29) is 11.9 Å². The third-order valence-corrected chi connectivity index (χ3v) is 5.85. The van der Waals surface area contributed by atoms with Crippen molar-refractivity contribution in [3.63, 3.8) is 0 Å². The fourth-order valence-electron chi connectivity index (χ4n) is 4.30. The van der Waals surface area contributed by atoms with Gasteiger partial charge in [0.2, 0.25) is 6.10 Å². The van der Waals surface area contributed by atoms with Crippen molar-refractivity contribution >= 4 is 17.8 Å². The van der Waals surface area contributed by atoms with Crippen molar-refractivity contribution in [2.24, 2.45) is 0 Å². The van der Waals surface area contributed by atoms with Gasteiger partial charge in [-0.15, -0.1) is 0 Å². The highest BCUT2D eigenvalue weighted by molar-refractivity contribution is 5.86. The van der Waals surface area contributed by atoms with Gasteiger partial charge < -0.3 is 29.0 Å². The molecule has 1 aliphatic carbocycles. The van der Waals surface area contributed by atoms with Gasteiger partial charge in [-0.1, -0.05) is 31.4 Å². The number of hydrogen-bond donors (Lipinski definition) is 1. The van der Waals surface area contributed by atoms with Crippen LogP contribution in [0, 0.1) is 0 Å². The molecule has 2 heterocycles. The molecule has 3 aliphatic rings. The van der Waals surface area contributed by atoms with Crippen LogP contribution in [-0.4, -0.2) is 55.4 Å². The third-order valence-electron chi connectivity index (χ3n) is 5.85. The molecule has 0 bridgehead atoms. The van der Waals surface area contributed by atoms with Crippen molar-refractivity contribution < 1.29 is 38.1 Å². The number of benzene rings is 1. The van der Waals surface area contributed by atoms with Gasteiger partial charge in [-0.25, -0.2) is 4.79 Å². The predicted molar refractivity (Wildman–Crippen MR) is 106 cm³/mol. The summed E-state index contributed by atoms with van der Waals surface area (Å²) in [6, 6.07) is 7.04. The van der Waals surface area contributed by atoms with Crippen LogP contribution in [0.25, 0.3) is 0 Å². The number of fused-ring (bicyclic) bond motifs is 1. The second-order valence-electron chi connectivity index (χ2n) is 8.04. The molecular formula is C22H27NO8. The van der Waals surface area contributed by atoms with Crippen LogP contribution in [0.1, 0.15) is 50.9 Å². The average molecular weight is 433 g/mol. The first-order chi connectivity index (χ1) is 15.0. The van der Waals surface area contributed by atoms with Crippen molar-refractivity contribution in [3.8, 4) is 5.75 Å². The summed E-state index contributed by atoms with van der Waals surface area (Å²) < 4.78 is 27.6. The summed E-state index contributed by atoms with van der Waals surface area (Å²) in [5, 5.41) is 3.02. The molecule has 31 heavy (non-hydrogen) atoms. The number of ether oxygens (including phenoxy) is 5. The van der Waals surface area contributed by atoms with Gasteiger partial charge in [0.15, 0.2) is 18.5 Å². The van der Waals surface area contributed by atoms with Gasteiger partial charge in [-0.05, 0) is 25.0 Å². The summed E-state index contributed by atoms with van der Waals surface area (Å²) in [6.07, 6.45) is -0.161. The maximum Gasteiger partial charge on any atom is 0.350 e. The van der Waals surface area contributed by atoms with E-state index in [1.165, 1.54) is 6.92 Å². The monoisotopic (exact) mass is 433 g/mol. The highest BCUT2D eigenvalue weighted by atomic mass is 16.7. The number of rotatable bonds is 5.